The molecule has 0 aromatic heterocycles. The summed E-state index contributed by atoms with van der Waals surface area (Å²) < 4.78 is 26.4. The van der Waals surface area contributed by atoms with E-state index in [1.807, 2.05) is 26.1 Å². The number of hydrogen-bond acceptors (Lipinski definition) is 5. The molecule has 8 heteroatoms. The van der Waals surface area contributed by atoms with Crippen LogP contribution in [0.3, 0.4) is 0 Å². The highest BCUT2D eigenvalue weighted by molar-refractivity contribution is 8.62. The smallest absolute Gasteiger partial charge is 0.197 e. The molecule has 0 atom stereocenters. The van der Waals surface area contributed by atoms with Crippen LogP contribution in [-0.4, -0.2) is 74.6 Å². The maximum atomic E-state index is 15.3. The molecule has 0 saturated heterocycles. The molecule has 2 aromatic carbocycles. The van der Waals surface area contributed by atoms with Gasteiger partial charge in [0.1, 0.15) is 5.84 Å². The second-order valence-electron chi connectivity index (χ2n) is 11.6. The first kappa shape index (κ1) is 25.9. The summed E-state index contributed by atoms with van der Waals surface area (Å²) in [5.74, 6) is -0.404. The second kappa shape index (κ2) is 8.18. The molecule has 1 aliphatic heterocycles. The molecule has 1 heterocycles. The van der Waals surface area contributed by atoms with E-state index in [0.29, 0.717) is 23.5 Å². The summed E-state index contributed by atoms with van der Waals surface area (Å²) in [5.41, 5.74) is 2.24. The Morgan fingerprint density at radius 1 is 1.09 bits per heavy atom. The molecule has 1 aliphatic rings. The van der Waals surface area contributed by atoms with Crippen LogP contribution in [0, 0.1) is 11.2 Å². The molecule has 3 rings (SSSR count). The maximum absolute atomic E-state index is 15.3. The van der Waals surface area contributed by atoms with E-state index >= 15 is 4.39 Å². The molecule has 2 aromatic rings. The minimum Gasteiger partial charge on any atom is -0.490 e. The van der Waals surface area contributed by atoms with Crippen LogP contribution in [0.2, 0.25) is 0 Å². The van der Waals surface area contributed by atoms with Gasteiger partial charge in [0, 0.05) is 24.8 Å². The number of nitrogens with one attached hydrogen (secondary N) is 2. The Morgan fingerprint density at radius 2 is 1.74 bits per heavy atom. The van der Waals surface area contributed by atoms with E-state index in [2.05, 4.69) is 42.7 Å². The molecule has 0 amide bonds. The van der Waals surface area contributed by atoms with Gasteiger partial charge in [0.25, 0.3) is 0 Å². The molecule has 188 valence electrons. The first-order valence-corrected chi connectivity index (χ1v) is 15.9. The van der Waals surface area contributed by atoms with Crippen molar-refractivity contribution in [1.82, 2.24) is 4.90 Å². The molecule has 0 fully saturated rings. The standard InChI is InChI=1S/C26H38FN3O3S/c1-9-32-22-13-18-15-30(26(28)23(18)24(27)25(22)33-10-2)16-21(31)17-11-19(29-3)14-20(12-17)34(4,5,6,7)8/h11-14,28-29H,9-10,15-16H2,1-8H3. The Morgan fingerprint density at radius 3 is 2.29 bits per heavy atom. The van der Waals surface area contributed by atoms with Crippen LogP contribution < -0.4 is 14.8 Å². The summed E-state index contributed by atoms with van der Waals surface area (Å²) in [6.45, 7) is 4.49. The third-order valence-corrected chi connectivity index (χ3v) is 8.39. The summed E-state index contributed by atoms with van der Waals surface area (Å²) >= 11 is 0. The maximum Gasteiger partial charge on any atom is 0.197 e. The van der Waals surface area contributed by atoms with E-state index in [1.165, 1.54) is 0 Å². The second-order valence-corrected chi connectivity index (χ2v) is 22.3. The third-order valence-electron chi connectivity index (χ3n) is 5.80. The van der Waals surface area contributed by atoms with Crippen molar-refractivity contribution in [2.24, 2.45) is 0 Å². The van der Waals surface area contributed by atoms with Crippen molar-refractivity contribution in [3.63, 3.8) is 0 Å². The number of ether oxygens (including phenoxy) is 2. The van der Waals surface area contributed by atoms with Crippen LogP contribution in [0.1, 0.15) is 35.3 Å². The number of nitrogens with zero attached hydrogens (tertiary/aromatic N) is 1. The lowest BCUT2D eigenvalue weighted by molar-refractivity contribution is 0.0962. The van der Waals surface area contributed by atoms with Gasteiger partial charge in [0.15, 0.2) is 23.1 Å². The Labute approximate surface area is 201 Å². The van der Waals surface area contributed by atoms with E-state index < -0.39 is 14.1 Å². The summed E-state index contributed by atoms with van der Waals surface area (Å²) in [5, 5.41) is 11.8. The Bertz CT molecular complexity index is 1160. The number of carbonyl (C=O) groups is 1. The fourth-order valence-electron chi connectivity index (χ4n) is 3.92. The van der Waals surface area contributed by atoms with Crippen molar-refractivity contribution in [2.75, 3.05) is 63.4 Å². The number of fused-ring (bicyclic) bond motifs is 1. The Balaban J connectivity index is 1.94. The molecule has 0 aliphatic carbocycles. The number of rotatable bonds is 9. The molecular weight excluding hydrogens is 453 g/mol. The van der Waals surface area contributed by atoms with E-state index in [9.17, 15) is 4.79 Å². The third kappa shape index (κ3) is 5.17. The molecule has 0 bridgehead atoms. The SMILES string of the molecule is CCOc1cc2c(c(F)c1OCC)C(=N)N(CC(=O)c1cc(NC)cc(S(C)(C)(C)(C)C)c1)C2. The minimum absolute atomic E-state index is 0.0161. The number of benzene rings is 2. The minimum atomic E-state index is -2.55. The van der Waals surface area contributed by atoms with E-state index in [1.54, 1.807) is 17.9 Å². The van der Waals surface area contributed by atoms with Gasteiger partial charge in [-0.15, -0.1) is 0 Å². The largest absolute Gasteiger partial charge is 0.490 e. The monoisotopic (exact) mass is 491 g/mol. The zero-order chi connectivity index (χ0) is 25.5. The predicted octanol–water partition coefficient (Wildman–Crippen LogP) is 5.07. The van der Waals surface area contributed by atoms with Gasteiger partial charge < -0.3 is 19.7 Å². The molecule has 0 spiro atoms. The summed E-state index contributed by atoms with van der Waals surface area (Å²) in [6.07, 6.45) is 11.3. The van der Waals surface area contributed by atoms with Crippen LogP contribution in [0.5, 0.6) is 11.5 Å². The van der Waals surface area contributed by atoms with Gasteiger partial charge in [0.05, 0.1) is 25.3 Å². The average molecular weight is 492 g/mol. The van der Waals surface area contributed by atoms with Crippen molar-refractivity contribution in [3.05, 3.63) is 46.8 Å². The zero-order valence-corrected chi connectivity index (χ0v) is 22.4. The number of halogens is 1. The van der Waals surface area contributed by atoms with Crippen molar-refractivity contribution >= 4 is 25.6 Å². The van der Waals surface area contributed by atoms with Crippen LogP contribution in [-0.2, 0) is 6.54 Å². The summed E-state index contributed by atoms with van der Waals surface area (Å²) in [4.78, 5) is 16.1. The van der Waals surface area contributed by atoms with Crippen molar-refractivity contribution in [2.45, 2.75) is 25.3 Å². The number of anilines is 1. The lowest BCUT2D eigenvalue weighted by Crippen LogP contribution is -2.32. The molecular formula is C26H38FN3O3S. The molecule has 0 saturated carbocycles. The van der Waals surface area contributed by atoms with Gasteiger partial charge in [-0.05, 0) is 79.9 Å². The molecule has 0 unspecified atom stereocenters. The Hall–Kier alpha value is -2.74. The average Bonchev–Trinajstić information content (AvgIpc) is 3.04. The highest BCUT2D eigenvalue weighted by Crippen LogP contribution is 2.81. The first-order valence-electron chi connectivity index (χ1n) is 11.4. The Kier molecular flexibility index (Phi) is 6.23. The van der Waals surface area contributed by atoms with Gasteiger partial charge in [-0.1, -0.05) is 0 Å². The topological polar surface area (TPSA) is 74.7 Å². The van der Waals surface area contributed by atoms with Crippen molar-refractivity contribution in [1.29, 1.82) is 5.41 Å². The van der Waals surface area contributed by atoms with Crippen LogP contribution >= 0.6 is 8.29 Å². The van der Waals surface area contributed by atoms with Gasteiger partial charge in [-0.2, -0.15) is 0 Å². The van der Waals surface area contributed by atoms with Crippen LogP contribution in [0.25, 0.3) is 0 Å². The predicted molar refractivity (Wildman–Crippen MR) is 142 cm³/mol. The molecule has 34 heavy (non-hydrogen) atoms. The number of Topliss-reactive ketones (excluding diaryl/α,β-unsaturated/α-hetero) is 1. The summed E-state index contributed by atoms with van der Waals surface area (Å²) in [6, 6.07) is 7.63. The zero-order valence-electron chi connectivity index (χ0n) is 21.6. The van der Waals surface area contributed by atoms with Gasteiger partial charge >= 0.3 is 0 Å². The lowest BCUT2D eigenvalue weighted by Gasteiger charge is -2.66. The summed E-state index contributed by atoms with van der Waals surface area (Å²) in [7, 11) is -0.716. The van der Waals surface area contributed by atoms with Crippen molar-refractivity contribution in [3.8, 4) is 11.5 Å². The van der Waals surface area contributed by atoms with Crippen LogP contribution in [0.4, 0.5) is 10.1 Å². The fourth-order valence-corrected chi connectivity index (χ4v) is 5.35. The fraction of sp³-hybridized carbons (Fsp3) is 0.462. The van der Waals surface area contributed by atoms with Gasteiger partial charge in [-0.25, -0.2) is 4.39 Å². The number of amidine groups is 1. The molecule has 2 N–H and O–H groups in total. The normalized spacial score (nSPS) is 15.4. The van der Waals surface area contributed by atoms with E-state index in [0.717, 1.165) is 10.6 Å². The van der Waals surface area contributed by atoms with Gasteiger partial charge in [0.2, 0.25) is 0 Å². The quantitative estimate of drug-likeness (QED) is 0.479. The van der Waals surface area contributed by atoms with Gasteiger partial charge in [-0.3, -0.25) is 18.5 Å². The molecule has 6 nitrogen and oxygen atoms in total. The van der Waals surface area contributed by atoms with E-state index in [-0.39, 0.29) is 42.6 Å². The highest BCUT2D eigenvalue weighted by Gasteiger charge is 2.40. The number of ketones is 1. The lowest BCUT2D eigenvalue weighted by atomic mass is 10.1. The first-order chi connectivity index (χ1) is 15.6. The number of hydrogen-bond donors (Lipinski definition) is 2. The van der Waals surface area contributed by atoms with Crippen molar-refractivity contribution < 1.29 is 18.7 Å². The molecule has 0 radical (unpaired) electrons. The van der Waals surface area contributed by atoms with E-state index in [4.69, 9.17) is 14.9 Å². The highest BCUT2D eigenvalue weighted by atomic mass is 32.4. The number of carbonyl (C=O) groups excluding carboxylic acids is 1. The van der Waals surface area contributed by atoms with Crippen LogP contribution in [0.15, 0.2) is 29.2 Å².